The van der Waals surface area contributed by atoms with Crippen LogP contribution in [0.3, 0.4) is 0 Å². The second kappa shape index (κ2) is 6.73. The quantitative estimate of drug-likeness (QED) is 0.818. The first-order valence-corrected chi connectivity index (χ1v) is 6.04. The van der Waals surface area contributed by atoms with E-state index >= 15 is 0 Å². The molecule has 0 aromatic heterocycles. The maximum Gasteiger partial charge on any atom is 0.304 e. The van der Waals surface area contributed by atoms with Gasteiger partial charge >= 0.3 is 5.97 Å². The van der Waals surface area contributed by atoms with Gasteiger partial charge in [0.25, 0.3) is 0 Å². The van der Waals surface area contributed by atoms with Crippen LogP contribution in [0.25, 0.3) is 0 Å². The lowest BCUT2D eigenvalue weighted by atomic mass is 10.1. The average Bonchev–Trinajstić information content (AvgIpc) is 2.30. The summed E-state index contributed by atoms with van der Waals surface area (Å²) in [5.74, 6) is -1.01. The van der Waals surface area contributed by atoms with Gasteiger partial charge in [-0.25, -0.2) is 0 Å². The number of hydrogen-bond donors (Lipinski definition) is 1. The highest BCUT2D eigenvalue weighted by molar-refractivity contribution is 6.42. The fraction of sp³-hybridized carbons (Fsp3) is 0.333. The molecule has 0 aliphatic rings. The molecule has 0 atom stereocenters. The molecule has 1 N–H and O–H groups in total. The monoisotopic (exact) mass is 289 g/mol. The molecule has 0 saturated heterocycles. The molecule has 0 radical (unpaired) electrons. The van der Waals surface area contributed by atoms with Gasteiger partial charge in [0.1, 0.15) is 0 Å². The lowest BCUT2D eigenvalue weighted by Crippen LogP contribution is -2.28. The van der Waals surface area contributed by atoms with Crippen LogP contribution in [0.15, 0.2) is 18.2 Å². The summed E-state index contributed by atoms with van der Waals surface area (Å²) in [4.78, 5) is 23.9. The van der Waals surface area contributed by atoms with Crippen LogP contribution in [0.5, 0.6) is 0 Å². The van der Waals surface area contributed by atoms with E-state index in [1.54, 1.807) is 24.1 Å². The van der Waals surface area contributed by atoms with Crippen molar-refractivity contribution in [1.82, 2.24) is 4.90 Å². The van der Waals surface area contributed by atoms with Crippen LogP contribution in [0, 0.1) is 0 Å². The molecule has 1 rings (SSSR count). The molecule has 98 valence electrons. The Labute approximate surface area is 115 Å². The first-order chi connectivity index (χ1) is 8.40. The minimum Gasteiger partial charge on any atom is -0.481 e. The highest BCUT2D eigenvalue weighted by Crippen LogP contribution is 2.22. The Morgan fingerprint density at radius 2 is 1.94 bits per heavy atom. The number of carboxylic acid groups (broad SMARTS) is 1. The SMILES string of the molecule is CN(CCC(=O)O)CC(=O)c1ccc(Cl)c(Cl)c1. The van der Waals surface area contributed by atoms with Gasteiger partial charge in [0.2, 0.25) is 0 Å². The molecule has 6 heteroatoms. The second-order valence-corrected chi connectivity index (χ2v) is 4.75. The van der Waals surface area contributed by atoms with E-state index in [9.17, 15) is 9.59 Å². The molecule has 0 aliphatic carbocycles. The summed E-state index contributed by atoms with van der Waals surface area (Å²) in [6.07, 6.45) is 0.00511. The van der Waals surface area contributed by atoms with Gasteiger partial charge in [-0.1, -0.05) is 23.2 Å². The zero-order valence-electron chi connectivity index (χ0n) is 9.82. The summed E-state index contributed by atoms with van der Waals surface area (Å²) in [6, 6.07) is 4.67. The van der Waals surface area contributed by atoms with Crippen molar-refractivity contribution in [2.45, 2.75) is 6.42 Å². The topological polar surface area (TPSA) is 57.6 Å². The molecule has 1 aromatic rings. The first-order valence-electron chi connectivity index (χ1n) is 5.28. The molecule has 0 heterocycles. The average molecular weight is 290 g/mol. The largest absolute Gasteiger partial charge is 0.481 e. The second-order valence-electron chi connectivity index (χ2n) is 3.93. The van der Waals surface area contributed by atoms with Crippen molar-refractivity contribution in [3.63, 3.8) is 0 Å². The van der Waals surface area contributed by atoms with Crippen LogP contribution in [-0.2, 0) is 4.79 Å². The van der Waals surface area contributed by atoms with Gasteiger partial charge in [-0.3, -0.25) is 14.5 Å². The predicted octanol–water partition coefficient (Wildman–Crippen LogP) is 2.58. The number of likely N-dealkylation sites (N-methyl/N-ethyl adjacent to an activating group) is 1. The molecule has 0 bridgehead atoms. The van der Waals surface area contributed by atoms with Crippen molar-refractivity contribution in [2.24, 2.45) is 0 Å². The van der Waals surface area contributed by atoms with Gasteiger partial charge in [-0.2, -0.15) is 0 Å². The van der Waals surface area contributed by atoms with Gasteiger partial charge in [-0.05, 0) is 25.2 Å². The smallest absolute Gasteiger partial charge is 0.304 e. The van der Waals surface area contributed by atoms with Crippen LogP contribution in [0.2, 0.25) is 10.0 Å². The van der Waals surface area contributed by atoms with E-state index in [1.807, 2.05) is 0 Å². The minimum absolute atomic E-state index is 0.00511. The van der Waals surface area contributed by atoms with Crippen LogP contribution >= 0.6 is 23.2 Å². The van der Waals surface area contributed by atoms with Crippen LogP contribution in [0.1, 0.15) is 16.8 Å². The zero-order valence-corrected chi connectivity index (χ0v) is 11.3. The molecule has 4 nitrogen and oxygen atoms in total. The van der Waals surface area contributed by atoms with Crippen molar-refractivity contribution in [3.8, 4) is 0 Å². The van der Waals surface area contributed by atoms with E-state index in [1.165, 1.54) is 6.07 Å². The Balaban J connectivity index is 2.59. The Morgan fingerprint density at radius 1 is 1.28 bits per heavy atom. The normalized spacial score (nSPS) is 10.7. The number of carbonyl (C=O) groups is 2. The Morgan fingerprint density at radius 3 is 2.50 bits per heavy atom. The first kappa shape index (κ1) is 15.0. The lowest BCUT2D eigenvalue weighted by Gasteiger charge is -2.14. The van der Waals surface area contributed by atoms with Crippen molar-refractivity contribution < 1.29 is 14.7 Å². The summed E-state index contributed by atoms with van der Waals surface area (Å²) >= 11 is 11.6. The summed E-state index contributed by atoms with van der Waals surface area (Å²) in [7, 11) is 1.69. The molecule has 0 fully saturated rings. The Hall–Kier alpha value is -1.10. The summed E-state index contributed by atoms with van der Waals surface area (Å²) in [5.41, 5.74) is 0.464. The standard InChI is InChI=1S/C12H13Cl2NO3/c1-15(5-4-12(17)18)7-11(16)8-2-3-9(13)10(14)6-8/h2-3,6H,4-5,7H2,1H3,(H,17,18). The molecule has 0 spiro atoms. The van der Waals surface area contributed by atoms with Crippen LogP contribution in [0.4, 0.5) is 0 Å². The predicted molar refractivity (Wildman–Crippen MR) is 70.5 cm³/mol. The third kappa shape index (κ3) is 4.64. The number of benzene rings is 1. The fourth-order valence-corrected chi connectivity index (χ4v) is 1.67. The van der Waals surface area contributed by atoms with E-state index in [2.05, 4.69) is 0 Å². The van der Waals surface area contributed by atoms with Crippen molar-refractivity contribution in [1.29, 1.82) is 0 Å². The van der Waals surface area contributed by atoms with E-state index in [4.69, 9.17) is 28.3 Å². The number of rotatable bonds is 6. The van der Waals surface area contributed by atoms with Gasteiger partial charge in [0.05, 0.1) is 23.0 Å². The number of Topliss-reactive ketones (excluding diaryl/α,β-unsaturated/α-hetero) is 1. The summed E-state index contributed by atoms with van der Waals surface area (Å²) in [5, 5.41) is 9.26. The molecule has 0 amide bonds. The van der Waals surface area contributed by atoms with Crippen molar-refractivity contribution in [3.05, 3.63) is 33.8 Å². The number of hydrogen-bond acceptors (Lipinski definition) is 3. The molecule has 0 unspecified atom stereocenters. The third-order valence-corrected chi connectivity index (χ3v) is 3.10. The number of ketones is 1. The number of nitrogens with zero attached hydrogens (tertiary/aromatic N) is 1. The highest BCUT2D eigenvalue weighted by atomic mass is 35.5. The lowest BCUT2D eigenvalue weighted by molar-refractivity contribution is -0.137. The van der Waals surface area contributed by atoms with E-state index in [0.717, 1.165) is 0 Å². The van der Waals surface area contributed by atoms with Gasteiger partial charge in [0.15, 0.2) is 5.78 Å². The molecule has 0 aliphatic heterocycles. The van der Waals surface area contributed by atoms with Gasteiger partial charge in [-0.15, -0.1) is 0 Å². The zero-order chi connectivity index (χ0) is 13.7. The molecular weight excluding hydrogens is 277 g/mol. The Kier molecular flexibility index (Phi) is 5.59. The van der Waals surface area contributed by atoms with E-state index in [0.29, 0.717) is 22.2 Å². The molecule has 18 heavy (non-hydrogen) atoms. The molecule has 0 saturated carbocycles. The fourth-order valence-electron chi connectivity index (χ4n) is 1.37. The van der Waals surface area contributed by atoms with Crippen LogP contribution < -0.4 is 0 Å². The maximum atomic E-state index is 11.9. The minimum atomic E-state index is -0.885. The van der Waals surface area contributed by atoms with Crippen molar-refractivity contribution >= 4 is 35.0 Å². The van der Waals surface area contributed by atoms with Crippen molar-refractivity contribution in [2.75, 3.05) is 20.1 Å². The molecule has 1 aromatic carbocycles. The number of carboxylic acids is 1. The number of halogens is 2. The Bertz CT molecular complexity index is 463. The number of carbonyl (C=O) groups excluding carboxylic acids is 1. The van der Waals surface area contributed by atoms with Crippen LogP contribution in [-0.4, -0.2) is 41.9 Å². The maximum absolute atomic E-state index is 11.9. The van der Waals surface area contributed by atoms with Gasteiger partial charge < -0.3 is 5.11 Å². The van der Waals surface area contributed by atoms with E-state index in [-0.39, 0.29) is 18.7 Å². The number of aliphatic carboxylic acids is 1. The summed E-state index contributed by atoms with van der Waals surface area (Å²) in [6.45, 7) is 0.466. The highest BCUT2D eigenvalue weighted by Gasteiger charge is 2.11. The summed E-state index contributed by atoms with van der Waals surface area (Å²) < 4.78 is 0. The van der Waals surface area contributed by atoms with E-state index < -0.39 is 5.97 Å². The molecular formula is C12H13Cl2NO3. The third-order valence-electron chi connectivity index (χ3n) is 2.36. The van der Waals surface area contributed by atoms with Gasteiger partial charge in [0, 0.05) is 12.1 Å².